The predicted molar refractivity (Wildman–Crippen MR) is 111 cm³/mol. The minimum atomic E-state index is -0.699. The van der Waals surface area contributed by atoms with Crippen molar-refractivity contribution in [2.24, 2.45) is 0 Å². The Balaban J connectivity index is 2.09. The van der Waals surface area contributed by atoms with E-state index in [0.717, 1.165) is 17.7 Å². The summed E-state index contributed by atoms with van der Waals surface area (Å²) in [6.07, 6.45) is 5.33. The first kappa shape index (κ1) is 21.2. The van der Waals surface area contributed by atoms with Crippen molar-refractivity contribution in [1.82, 2.24) is 10.2 Å². The summed E-state index contributed by atoms with van der Waals surface area (Å²) in [6, 6.07) is 14.8. The van der Waals surface area contributed by atoms with E-state index in [2.05, 4.69) is 28.3 Å². The van der Waals surface area contributed by atoms with E-state index in [9.17, 15) is 9.59 Å². The number of nitrogens with one attached hydrogen (secondary N) is 1. The number of amides is 1. The molecule has 0 radical (unpaired) electrons. The van der Waals surface area contributed by atoms with Gasteiger partial charge >= 0.3 is 5.97 Å². The number of esters is 1. The molecule has 2 aromatic rings. The van der Waals surface area contributed by atoms with Gasteiger partial charge in [0, 0.05) is 12.1 Å². The van der Waals surface area contributed by atoms with Crippen LogP contribution in [-0.4, -0.2) is 43.0 Å². The lowest BCUT2D eigenvalue weighted by molar-refractivity contribution is -0.144. The number of benzene rings is 2. The van der Waals surface area contributed by atoms with Crippen LogP contribution in [0, 0.1) is 12.3 Å². The Morgan fingerprint density at radius 1 is 1.18 bits per heavy atom. The van der Waals surface area contributed by atoms with Crippen LogP contribution in [-0.2, 0) is 16.1 Å². The number of carbonyl (C=O) groups excluding carboxylic acids is 2. The van der Waals surface area contributed by atoms with Gasteiger partial charge in [0.2, 0.25) is 0 Å². The van der Waals surface area contributed by atoms with Crippen molar-refractivity contribution < 1.29 is 14.3 Å². The predicted octanol–water partition coefficient (Wildman–Crippen LogP) is 3.10. The van der Waals surface area contributed by atoms with Crippen molar-refractivity contribution in [2.45, 2.75) is 26.4 Å². The van der Waals surface area contributed by atoms with Gasteiger partial charge in [-0.3, -0.25) is 9.69 Å². The second kappa shape index (κ2) is 10.3. The SMILES string of the molecule is C#CCN(C)Cc1ccc(-c2cccc(C(=O)NC(C)C(=O)OCC)c2)cc1. The van der Waals surface area contributed by atoms with E-state index in [1.54, 1.807) is 19.9 Å². The van der Waals surface area contributed by atoms with E-state index in [-0.39, 0.29) is 12.5 Å². The molecule has 0 saturated carbocycles. The Morgan fingerprint density at radius 3 is 2.54 bits per heavy atom. The van der Waals surface area contributed by atoms with Crippen molar-refractivity contribution in [1.29, 1.82) is 0 Å². The summed E-state index contributed by atoms with van der Waals surface area (Å²) >= 11 is 0. The molecule has 1 unspecified atom stereocenters. The topological polar surface area (TPSA) is 58.6 Å². The van der Waals surface area contributed by atoms with Gasteiger partial charge in [-0.15, -0.1) is 6.42 Å². The lowest BCUT2D eigenvalue weighted by Gasteiger charge is -2.14. The van der Waals surface area contributed by atoms with Gasteiger partial charge in [-0.25, -0.2) is 4.79 Å². The highest BCUT2D eigenvalue weighted by Crippen LogP contribution is 2.21. The molecule has 0 saturated heterocycles. The van der Waals surface area contributed by atoms with E-state index in [1.165, 1.54) is 5.56 Å². The molecule has 2 aromatic carbocycles. The Bertz CT molecular complexity index is 853. The fourth-order valence-electron chi connectivity index (χ4n) is 2.77. The number of terminal acetylenes is 1. The Morgan fingerprint density at radius 2 is 1.89 bits per heavy atom. The maximum atomic E-state index is 12.4. The van der Waals surface area contributed by atoms with E-state index < -0.39 is 12.0 Å². The van der Waals surface area contributed by atoms with Crippen LogP contribution in [0.3, 0.4) is 0 Å². The molecule has 0 aromatic heterocycles. The zero-order chi connectivity index (χ0) is 20.5. The Labute approximate surface area is 166 Å². The number of hydrogen-bond donors (Lipinski definition) is 1. The molecular formula is C23H26N2O3. The van der Waals surface area contributed by atoms with E-state index >= 15 is 0 Å². The Kier molecular flexibility index (Phi) is 7.79. The van der Waals surface area contributed by atoms with Crippen molar-refractivity contribution in [3.63, 3.8) is 0 Å². The van der Waals surface area contributed by atoms with Crippen LogP contribution in [0.4, 0.5) is 0 Å². The third-order valence-electron chi connectivity index (χ3n) is 4.21. The molecule has 5 nitrogen and oxygen atoms in total. The summed E-state index contributed by atoms with van der Waals surface area (Å²) in [5, 5.41) is 2.67. The molecule has 0 heterocycles. The van der Waals surface area contributed by atoms with Crippen molar-refractivity contribution in [3.8, 4) is 23.5 Å². The minimum absolute atomic E-state index is 0.281. The molecule has 0 aliphatic carbocycles. The van der Waals surface area contributed by atoms with Gasteiger partial charge in [0.05, 0.1) is 13.2 Å². The second-order valence-electron chi connectivity index (χ2n) is 6.60. The molecule has 0 fully saturated rings. The van der Waals surface area contributed by atoms with Crippen molar-refractivity contribution in [3.05, 3.63) is 59.7 Å². The van der Waals surface area contributed by atoms with Crippen LogP contribution in [0.5, 0.6) is 0 Å². The third kappa shape index (κ3) is 5.97. The maximum absolute atomic E-state index is 12.4. The van der Waals surface area contributed by atoms with E-state index in [4.69, 9.17) is 11.2 Å². The lowest BCUT2D eigenvalue weighted by atomic mass is 10.0. The molecular weight excluding hydrogens is 352 g/mol. The average molecular weight is 378 g/mol. The molecule has 1 atom stereocenters. The maximum Gasteiger partial charge on any atom is 0.328 e. The van der Waals surface area contributed by atoms with Gasteiger partial charge in [0.1, 0.15) is 6.04 Å². The summed E-state index contributed by atoms with van der Waals surface area (Å²) in [7, 11) is 1.98. The van der Waals surface area contributed by atoms with Gasteiger partial charge in [-0.2, -0.15) is 0 Å². The smallest absolute Gasteiger partial charge is 0.328 e. The van der Waals surface area contributed by atoms with E-state index in [0.29, 0.717) is 12.1 Å². The van der Waals surface area contributed by atoms with Crippen molar-refractivity contribution >= 4 is 11.9 Å². The summed E-state index contributed by atoms with van der Waals surface area (Å²) < 4.78 is 4.92. The van der Waals surface area contributed by atoms with Crippen LogP contribution >= 0.6 is 0 Å². The fourth-order valence-corrected chi connectivity index (χ4v) is 2.77. The fraction of sp³-hybridized carbons (Fsp3) is 0.304. The molecule has 28 heavy (non-hydrogen) atoms. The highest BCUT2D eigenvalue weighted by Gasteiger charge is 2.17. The number of hydrogen-bond acceptors (Lipinski definition) is 4. The first-order valence-electron chi connectivity index (χ1n) is 9.23. The first-order chi connectivity index (χ1) is 13.4. The monoisotopic (exact) mass is 378 g/mol. The van der Waals surface area contributed by atoms with Crippen LogP contribution < -0.4 is 5.32 Å². The van der Waals surface area contributed by atoms with Gasteiger partial charge in [0.15, 0.2) is 0 Å². The summed E-state index contributed by atoms with van der Waals surface area (Å²) in [4.78, 5) is 26.2. The number of rotatable bonds is 8. The summed E-state index contributed by atoms with van der Waals surface area (Å²) in [5.41, 5.74) is 3.60. The molecule has 0 aliphatic heterocycles. The summed E-state index contributed by atoms with van der Waals surface area (Å²) in [5.74, 6) is 1.87. The second-order valence-corrected chi connectivity index (χ2v) is 6.60. The largest absolute Gasteiger partial charge is 0.464 e. The summed E-state index contributed by atoms with van der Waals surface area (Å²) in [6.45, 7) is 4.99. The normalized spacial score (nSPS) is 11.5. The molecule has 146 valence electrons. The molecule has 0 aliphatic rings. The van der Waals surface area contributed by atoms with E-state index in [1.807, 2.05) is 37.4 Å². The van der Waals surface area contributed by atoms with Crippen LogP contribution in [0.1, 0.15) is 29.8 Å². The number of carbonyl (C=O) groups is 2. The van der Waals surface area contributed by atoms with Crippen molar-refractivity contribution in [2.75, 3.05) is 20.2 Å². The quantitative estimate of drug-likeness (QED) is 0.566. The average Bonchev–Trinajstić information content (AvgIpc) is 2.69. The first-order valence-corrected chi connectivity index (χ1v) is 9.23. The molecule has 0 spiro atoms. The molecule has 2 rings (SSSR count). The Hall–Kier alpha value is -3.10. The standard InChI is InChI=1S/C23H26N2O3/c1-5-14-25(4)16-18-10-12-19(13-11-18)20-8-7-9-21(15-20)22(26)24-17(3)23(27)28-6-2/h1,7-13,15,17H,6,14,16H2,2-4H3,(H,24,26). The lowest BCUT2D eigenvalue weighted by Crippen LogP contribution is -2.39. The van der Waals surface area contributed by atoms with Gasteiger partial charge in [-0.05, 0) is 49.7 Å². The zero-order valence-corrected chi connectivity index (χ0v) is 16.6. The number of nitrogens with zero attached hydrogens (tertiary/aromatic N) is 1. The molecule has 1 amide bonds. The van der Waals surface area contributed by atoms with Crippen LogP contribution in [0.25, 0.3) is 11.1 Å². The van der Waals surface area contributed by atoms with Gasteiger partial charge in [-0.1, -0.05) is 42.3 Å². The third-order valence-corrected chi connectivity index (χ3v) is 4.21. The van der Waals surface area contributed by atoms with Gasteiger partial charge in [0.25, 0.3) is 5.91 Å². The molecule has 0 bridgehead atoms. The molecule has 1 N–H and O–H groups in total. The van der Waals surface area contributed by atoms with Gasteiger partial charge < -0.3 is 10.1 Å². The van der Waals surface area contributed by atoms with Crippen LogP contribution in [0.15, 0.2) is 48.5 Å². The highest BCUT2D eigenvalue weighted by atomic mass is 16.5. The number of ether oxygens (including phenoxy) is 1. The molecule has 5 heteroatoms. The van der Waals surface area contributed by atoms with Crippen LogP contribution in [0.2, 0.25) is 0 Å². The minimum Gasteiger partial charge on any atom is -0.464 e. The zero-order valence-electron chi connectivity index (χ0n) is 16.6. The highest BCUT2D eigenvalue weighted by molar-refractivity contribution is 5.97.